The third kappa shape index (κ3) is 5.56. The van der Waals surface area contributed by atoms with E-state index in [0.29, 0.717) is 42.6 Å². The standard InChI is InChI=1S/C25H24ClF4N5O4/c1-13(36)22-32-17-12-34(18-11-31-35(24(37)21(18)26)20-4-2-3-9-38-20)8-7-15(17)23(33-22)39-19-6-5-14(27)10-16(19)25(28,29)30/h5-6,10-11,13,20,36H,2-4,7-9,12H2,1H3. The number of aliphatic hydroxyl groups is 1. The molecule has 0 amide bonds. The molecule has 1 saturated heterocycles. The lowest BCUT2D eigenvalue weighted by Crippen LogP contribution is -2.36. The number of halogens is 5. The van der Waals surface area contributed by atoms with Gasteiger partial charge in [0.25, 0.3) is 5.56 Å². The van der Waals surface area contributed by atoms with Gasteiger partial charge in [-0.05, 0) is 50.8 Å². The quantitative estimate of drug-likeness (QED) is 0.431. The lowest BCUT2D eigenvalue weighted by Gasteiger charge is -2.32. The van der Waals surface area contributed by atoms with Crippen molar-refractivity contribution in [2.24, 2.45) is 0 Å². The molecule has 2 unspecified atom stereocenters. The number of hydrogen-bond donors (Lipinski definition) is 1. The topological polar surface area (TPSA) is 103 Å². The van der Waals surface area contributed by atoms with Crippen molar-refractivity contribution >= 4 is 17.3 Å². The summed E-state index contributed by atoms with van der Waals surface area (Å²) in [5.41, 5.74) is -0.655. The molecule has 39 heavy (non-hydrogen) atoms. The van der Waals surface area contributed by atoms with Crippen molar-refractivity contribution in [3.05, 3.63) is 68.2 Å². The summed E-state index contributed by atoms with van der Waals surface area (Å²) in [6.07, 6.45) is -2.38. The minimum atomic E-state index is -4.87. The van der Waals surface area contributed by atoms with Crippen LogP contribution in [0.2, 0.25) is 5.02 Å². The fourth-order valence-corrected chi connectivity index (χ4v) is 4.84. The predicted molar refractivity (Wildman–Crippen MR) is 131 cm³/mol. The molecule has 9 nitrogen and oxygen atoms in total. The summed E-state index contributed by atoms with van der Waals surface area (Å²) in [5, 5.41) is 14.4. The van der Waals surface area contributed by atoms with Crippen molar-refractivity contribution < 1.29 is 32.1 Å². The third-order valence-corrected chi connectivity index (χ3v) is 6.92. The van der Waals surface area contributed by atoms with E-state index in [2.05, 4.69) is 15.1 Å². The fourth-order valence-electron chi connectivity index (χ4n) is 4.59. The zero-order valence-electron chi connectivity index (χ0n) is 20.7. The first kappa shape index (κ1) is 27.3. The lowest BCUT2D eigenvalue weighted by atomic mass is 10.0. The van der Waals surface area contributed by atoms with Crippen LogP contribution < -0.4 is 15.2 Å². The van der Waals surface area contributed by atoms with Crippen LogP contribution in [0.25, 0.3) is 0 Å². The minimum absolute atomic E-state index is 0.0509. The van der Waals surface area contributed by atoms with E-state index in [4.69, 9.17) is 21.1 Å². The molecule has 0 radical (unpaired) electrons. The number of rotatable bonds is 5. The van der Waals surface area contributed by atoms with Gasteiger partial charge in [0, 0.05) is 18.7 Å². The molecule has 14 heteroatoms. The highest BCUT2D eigenvalue weighted by Gasteiger charge is 2.36. The van der Waals surface area contributed by atoms with Crippen LogP contribution in [0, 0.1) is 5.82 Å². The molecule has 1 fully saturated rings. The number of benzene rings is 1. The zero-order chi connectivity index (χ0) is 27.9. The smallest absolute Gasteiger partial charge is 0.420 e. The minimum Gasteiger partial charge on any atom is -0.438 e. The number of fused-ring (bicyclic) bond motifs is 1. The highest BCUT2D eigenvalue weighted by molar-refractivity contribution is 6.33. The molecule has 4 heterocycles. The van der Waals surface area contributed by atoms with Gasteiger partial charge in [0.05, 0.1) is 24.1 Å². The molecule has 0 spiro atoms. The summed E-state index contributed by atoms with van der Waals surface area (Å²) in [5.74, 6) is -1.95. The molecular weight excluding hydrogens is 546 g/mol. The second-order valence-electron chi connectivity index (χ2n) is 9.31. The molecule has 2 aliphatic heterocycles. The molecule has 208 valence electrons. The summed E-state index contributed by atoms with van der Waals surface area (Å²) < 4.78 is 66.7. The number of anilines is 1. The SMILES string of the molecule is CC(O)c1nc2c(c(Oc3ccc(F)cc3C(F)(F)F)n1)CCN(c1cnn(C3CCCCO3)c(=O)c1Cl)C2. The first-order chi connectivity index (χ1) is 18.5. The zero-order valence-corrected chi connectivity index (χ0v) is 21.5. The Hall–Kier alpha value is -3.29. The maximum Gasteiger partial charge on any atom is 0.420 e. The van der Waals surface area contributed by atoms with Crippen molar-refractivity contribution in [2.75, 3.05) is 18.1 Å². The van der Waals surface area contributed by atoms with Gasteiger partial charge < -0.3 is 19.5 Å². The van der Waals surface area contributed by atoms with E-state index in [1.54, 1.807) is 4.90 Å². The number of hydrogen-bond acceptors (Lipinski definition) is 8. The molecule has 5 rings (SSSR count). The Morgan fingerprint density at radius 3 is 2.74 bits per heavy atom. The van der Waals surface area contributed by atoms with Gasteiger partial charge in [0.1, 0.15) is 28.3 Å². The van der Waals surface area contributed by atoms with Crippen molar-refractivity contribution in [3.63, 3.8) is 0 Å². The summed E-state index contributed by atoms with van der Waals surface area (Å²) in [6, 6.07) is 2.07. The van der Waals surface area contributed by atoms with Gasteiger partial charge in [-0.2, -0.15) is 27.9 Å². The highest BCUT2D eigenvalue weighted by Crippen LogP contribution is 2.40. The van der Waals surface area contributed by atoms with Crippen molar-refractivity contribution in [2.45, 2.75) is 57.7 Å². The van der Waals surface area contributed by atoms with Crippen LogP contribution in [-0.4, -0.2) is 38.0 Å². The van der Waals surface area contributed by atoms with E-state index < -0.39 is 41.2 Å². The van der Waals surface area contributed by atoms with Crippen molar-refractivity contribution in [1.82, 2.24) is 19.7 Å². The van der Waals surface area contributed by atoms with Gasteiger partial charge in [-0.3, -0.25) is 4.79 Å². The highest BCUT2D eigenvalue weighted by atomic mass is 35.5. The summed E-state index contributed by atoms with van der Waals surface area (Å²) in [6.45, 7) is 2.31. The number of aliphatic hydroxyl groups excluding tert-OH is 1. The Balaban J connectivity index is 1.48. The third-order valence-electron chi connectivity index (χ3n) is 6.57. The first-order valence-corrected chi connectivity index (χ1v) is 12.7. The molecular formula is C25H24ClF4N5O4. The normalized spacial score (nSPS) is 18.5. The number of ether oxygens (including phenoxy) is 2. The van der Waals surface area contributed by atoms with E-state index >= 15 is 0 Å². The van der Waals surface area contributed by atoms with E-state index in [-0.39, 0.29) is 29.7 Å². The van der Waals surface area contributed by atoms with Gasteiger partial charge in [0.15, 0.2) is 12.1 Å². The predicted octanol–water partition coefficient (Wildman–Crippen LogP) is 4.95. The largest absolute Gasteiger partial charge is 0.438 e. The summed E-state index contributed by atoms with van der Waals surface area (Å²) in [7, 11) is 0. The van der Waals surface area contributed by atoms with Crippen LogP contribution in [0.4, 0.5) is 23.2 Å². The van der Waals surface area contributed by atoms with Crippen molar-refractivity contribution in [1.29, 1.82) is 0 Å². The molecule has 1 aromatic carbocycles. The molecule has 0 aliphatic carbocycles. The monoisotopic (exact) mass is 569 g/mol. The van der Waals surface area contributed by atoms with Crippen LogP contribution in [-0.2, 0) is 23.9 Å². The average molecular weight is 570 g/mol. The second kappa shape index (κ2) is 10.7. The van der Waals surface area contributed by atoms with E-state index in [0.717, 1.165) is 25.0 Å². The number of nitrogens with zero attached hydrogens (tertiary/aromatic N) is 5. The van der Waals surface area contributed by atoms with E-state index in [1.165, 1.54) is 17.8 Å². The molecule has 0 saturated carbocycles. The van der Waals surface area contributed by atoms with Crippen LogP contribution in [0.1, 0.15) is 61.2 Å². The molecule has 2 atom stereocenters. The Labute approximate surface area is 225 Å². The van der Waals surface area contributed by atoms with E-state index in [1.807, 2.05) is 0 Å². The first-order valence-electron chi connectivity index (χ1n) is 12.3. The molecule has 2 aromatic heterocycles. The molecule has 2 aliphatic rings. The molecule has 1 N–H and O–H groups in total. The van der Waals surface area contributed by atoms with Crippen LogP contribution >= 0.6 is 11.6 Å². The molecule has 0 bridgehead atoms. The van der Waals surface area contributed by atoms with Gasteiger partial charge in [-0.25, -0.2) is 9.37 Å². The fraction of sp³-hybridized carbons (Fsp3) is 0.440. The number of alkyl halides is 3. The Morgan fingerprint density at radius 2 is 2.05 bits per heavy atom. The van der Waals surface area contributed by atoms with E-state index in [9.17, 15) is 27.5 Å². The van der Waals surface area contributed by atoms with Crippen LogP contribution in [0.3, 0.4) is 0 Å². The van der Waals surface area contributed by atoms with Crippen LogP contribution in [0.15, 0.2) is 29.2 Å². The van der Waals surface area contributed by atoms with Gasteiger partial charge in [-0.15, -0.1) is 0 Å². The Bertz CT molecular complexity index is 1440. The second-order valence-corrected chi connectivity index (χ2v) is 9.69. The summed E-state index contributed by atoms with van der Waals surface area (Å²) >= 11 is 6.47. The maximum absolute atomic E-state index is 13.6. The number of aromatic nitrogens is 4. The Morgan fingerprint density at radius 1 is 1.26 bits per heavy atom. The average Bonchev–Trinajstić information content (AvgIpc) is 2.90. The van der Waals surface area contributed by atoms with Crippen molar-refractivity contribution in [3.8, 4) is 11.6 Å². The van der Waals surface area contributed by atoms with Gasteiger partial charge in [0.2, 0.25) is 5.88 Å². The summed E-state index contributed by atoms with van der Waals surface area (Å²) in [4.78, 5) is 23.3. The van der Waals surface area contributed by atoms with Gasteiger partial charge in [-0.1, -0.05) is 11.6 Å². The van der Waals surface area contributed by atoms with Gasteiger partial charge >= 0.3 is 6.18 Å². The maximum atomic E-state index is 13.6. The van der Waals surface area contributed by atoms with Crippen LogP contribution in [0.5, 0.6) is 11.6 Å². The lowest BCUT2D eigenvalue weighted by molar-refractivity contribution is -0.138. The molecule has 3 aromatic rings. The Kier molecular flexibility index (Phi) is 7.49.